The van der Waals surface area contributed by atoms with Crippen molar-refractivity contribution in [1.82, 2.24) is 19.9 Å². The molecule has 0 amide bonds. The number of likely N-dealkylation sites (N-methyl/N-ethyl adjacent to an activating group) is 2. The topological polar surface area (TPSA) is 138 Å². The predicted octanol–water partition coefficient (Wildman–Crippen LogP) is -7.51. The van der Waals surface area contributed by atoms with Gasteiger partial charge in [-0.05, 0) is 0 Å². The van der Waals surface area contributed by atoms with Gasteiger partial charge >= 0.3 is 59.1 Å². The minimum absolute atomic E-state index is 0. The van der Waals surface area contributed by atoms with Crippen LogP contribution in [0, 0.1) is 0 Å². The summed E-state index contributed by atoms with van der Waals surface area (Å²) in [4.78, 5) is 39.0. The predicted molar refractivity (Wildman–Crippen MR) is 110 cm³/mol. The van der Waals surface area contributed by atoms with E-state index in [4.69, 9.17) is 0 Å². The zero-order valence-corrected chi connectivity index (χ0v) is 24.3. The van der Waals surface area contributed by atoms with Crippen LogP contribution >= 0.6 is 50.5 Å². The number of anilines is 2. The molecule has 0 bridgehead atoms. The molecule has 0 aliphatic heterocycles. The van der Waals surface area contributed by atoms with Crippen molar-refractivity contribution in [3.63, 3.8) is 0 Å². The van der Waals surface area contributed by atoms with Gasteiger partial charge in [0.15, 0.2) is 10.3 Å². The van der Waals surface area contributed by atoms with Gasteiger partial charge in [-0.15, -0.1) is 50.5 Å². The molecule has 0 unspecified atom stereocenters. The standard InChI is InChI=1S/2C7H9N3O2S2.2Na/c2*1-10(3-6(11)12)4-2-5(13)9-7(14)8-4;;/h2*2H,3H2,1H3,(H,11,12)(H2,8,9,13,14);;/q;;2*+1/p-2. The summed E-state index contributed by atoms with van der Waals surface area (Å²) < 4.78 is 0. The van der Waals surface area contributed by atoms with Crippen molar-refractivity contribution in [1.29, 1.82) is 0 Å². The van der Waals surface area contributed by atoms with Crippen LogP contribution in [0.5, 0.6) is 0 Å². The quantitative estimate of drug-likeness (QED) is 0.129. The number of carbonyl (C=O) groups is 2. The molecule has 0 aromatic carbocycles. The molecule has 152 valence electrons. The van der Waals surface area contributed by atoms with Gasteiger partial charge in [-0.1, -0.05) is 0 Å². The van der Waals surface area contributed by atoms with Crippen molar-refractivity contribution in [3.8, 4) is 0 Å². The van der Waals surface area contributed by atoms with Crippen LogP contribution in [0.25, 0.3) is 0 Å². The van der Waals surface area contributed by atoms with E-state index in [9.17, 15) is 19.8 Å². The maximum absolute atomic E-state index is 10.3. The summed E-state index contributed by atoms with van der Waals surface area (Å²) in [6.45, 7) is -0.477. The Bertz CT molecular complexity index is 757. The molecule has 0 aliphatic rings. The molecule has 0 aliphatic carbocycles. The molecule has 16 heteroatoms. The molecule has 2 heterocycles. The third-order valence-corrected chi connectivity index (χ3v) is 3.75. The number of aromatic nitrogens is 4. The van der Waals surface area contributed by atoms with Gasteiger partial charge < -0.3 is 29.6 Å². The van der Waals surface area contributed by atoms with Gasteiger partial charge in [-0.2, -0.15) is 0 Å². The first-order valence-corrected chi connectivity index (χ1v) is 9.12. The molecular weight excluding hydrogens is 490 g/mol. The van der Waals surface area contributed by atoms with Gasteiger partial charge in [0.05, 0.1) is 35.1 Å². The first-order valence-electron chi connectivity index (χ1n) is 7.34. The second-order valence-electron chi connectivity index (χ2n) is 5.22. The van der Waals surface area contributed by atoms with Crippen LogP contribution in [0.15, 0.2) is 32.5 Å². The fraction of sp³-hybridized carbons (Fsp3) is 0.286. The van der Waals surface area contributed by atoms with Crippen LogP contribution in [0.3, 0.4) is 0 Å². The van der Waals surface area contributed by atoms with E-state index in [1.54, 1.807) is 26.2 Å². The maximum atomic E-state index is 10.3. The Labute approximate surface area is 239 Å². The normalized spacial score (nSPS) is 9.27. The monoisotopic (exact) mass is 506 g/mol. The first-order chi connectivity index (χ1) is 13.0. The molecular formula is C14H16N6Na2O4S4. The number of hydrogen-bond acceptors (Lipinski definition) is 14. The van der Waals surface area contributed by atoms with Gasteiger partial charge in [-0.25, -0.2) is 19.9 Å². The van der Waals surface area contributed by atoms with E-state index in [0.717, 1.165) is 0 Å². The number of carboxylic acid groups (broad SMARTS) is 2. The Morgan fingerprint density at radius 1 is 0.767 bits per heavy atom. The van der Waals surface area contributed by atoms with E-state index < -0.39 is 11.9 Å². The Morgan fingerprint density at radius 3 is 1.30 bits per heavy atom. The third-order valence-electron chi connectivity index (χ3n) is 2.89. The summed E-state index contributed by atoms with van der Waals surface area (Å²) in [6, 6.07) is 3.09. The molecule has 30 heavy (non-hydrogen) atoms. The minimum Gasteiger partial charge on any atom is -0.548 e. The maximum Gasteiger partial charge on any atom is 1.00 e. The van der Waals surface area contributed by atoms with Crippen molar-refractivity contribution < 1.29 is 78.9 Å². The third kappa shape index (κ3) is 12.8. The molecule has 2 aromatic heterocycles. The zero-order valence-electron chi connectivity index (χ0n) is 16.7. The summed E-state index contributed by atoms with van der Waals surface area (Å²) in [5, 5.41) is 22.0. The molecule has 0 radical (unpaired) electrons. The number of thiol groups is 4. The van der Waals surface area contributed by atoms with Crippen LogP contribution in [0.2, 0.25) is 0 Å². The molecule has 0 saturated heterocycles. The molecule has 0 atom stereocenters. The van der Waals surface area contributed by atoms with Crippen LogP contribution in [0.1, 0.15) is 0 Å². The van der Waals surface area contributed by atoms with Crippen LogP contribution in [0.4, 0.5) is 11.6 Å². The summed E-state index contributed by atoms with van der Waals surface area (Å²) in [5.41, 5.74) is 0. The van der Waals surface area contributed by atoms with Gasteiger partial charge in [0.2, 0.25) is 0 Å². The molecule has 0 N–H and O–H groups in total. The number of rotatable bonds is 6. The Hall–Kier alpha value is 0.100. The molecule has 0 spiro atoms. The van der Waals surface area contributed by atoms with Crippen LogP contribution in [-0.4, -0.2) is 59.1 Å². The summed E-state index contributed by atoms with van der Waals surface area (Å²) in [6.07, 6.45) is 0. The number of aliphatic carboxylic acids is 2. The first kappa shape index (κ1) is 32.3. The SMILES string of the molecule is CN(CC(=O)[O-])c1cc(S)nc(S)n1.CN(CC(=O)[O-])c1cc(S)nc(S)n1.[Na+].[Na+]. The zero-order chi connectivity index (χ0) is 21.4. The number of nitrogens with zero attached hydrogens (tertiary/aromatic N) is 6. The minimum atomic E-state index is -1.17. The second kappa shape index (κ2) is 15.8. The Morgan fingerprint density at radius 2 is 1.07 bits per heavy atom. The van der Waals surface area contributed by atoms with Crippen molar-refractivity contribution in [2.45, 2.75) is 20.4 Å². The Balaban J connectivity index is 0. The average Bonchev–Trinajstić information content (AvgIpc) is 2.52. The molecule has 10 nitrogen and oxygen atoms in total. The van der Waals surface area contributed by atoms with E-state index in [1.807, 2.05) is 0 Å². The smallest absolute Gasteiger partial charge is 0.548 e. The van der Waals surface area contributed by atoms with E-state index >= 15 is 0 Å². The largest absolute Gasteiger partial charge is 1.00 e. The van der Waals surface area contributed by atoms with E-state index in [1.165, 1.54) is 9.80 Å². The molecule has 2 rings (SSSR count). The van der Waals surface area contributed by atoms with Gasteiger partial charge in [0.25, 0.3) is 0 Å². The molecule has 2 aromatic rings. The van der Waals surface area contributed by atoms with E-state index in [0.29, 0.717) is 21.7 Å². The Kier molecular flexibility index (Phi) is 17.0. The van der Waals surface area contributed by atoms with Crippen molar-refractivity contribution in [2.75, 3.05) is 37.0 Å². The molecule has 0 saturated carbocycles. The van der Waals surface area contributed by atoms with Crippen molar-refractivity contribution in [2.24, 2.45) is 0 Å². The van der Waals surface area contributed by atoms with E-state index in [2.05, 4.69) is 70.5 Å². The summed E-state index contributed by atoms with van der Waals surface area (Å²) >= 11 is 15.9. The number of carbonyl (C=O) groups excluding carboxylic acids is 2. The van der Waals surface area contributed by atoms with Gasteiger partial charge in [0.1, 0.15) is 11.6 Å². The summed E-state index contributed by atoms with van der Waals surface area (Å²) in [7, 11) is 3.16. The average molecular weight is 507 g/mol. The van der Waals surface area contributed by atoms with E-state index in [-0.39, 0.29) is 82.5 Å². The van der Waals surface area contributed by atoms with Gasteiger partial charge in [0, 0.05) is 26.2 Å². The summed E-state index contributed by atoms with van der Waals surface area (Å²) in [5.74, 6) is -1.46. The fourth-order valence-corrected chi connectivity index (χ4v) is 2.76. The van der Waals surface area contributed by atoms with Crippen molar-refractivity contribution in [3.05, 3.63) is 12.1 Å². The fourth-order valence-electron chi connectivity index (χ4n) is 1.76. The van der Waals surface area contributed by atoms with Gasteiger partial charge in [-0.3, -0.25) is 0 Å². The number of carboxylic acids is 2. The van der Waals surface area contributed by atoms with Crippen LogP contribution < -0.4 is 79.1 Å². The van der Waals surface area contributed by atoms with Crippen molar-refractivity contribution >= 4 is 74.1 Å². The van der Waals surface area contributed by atoms with Crippen LogP contribution in [-0.2, 0) is 9.59 Å². The second-order valence-corrected chi connectivity index (χ2v) is 6.94. The number of hydrogen-bond donors (Lipinski definition) is 4. The molecule has 0 fully saturated rings.